The first kappa shape index (κ1) is 12.4. The van der Waals surface area contributed by atoms with Crippen LogP contribution in [0.5, 0.6) is 0 Å². The van der Waals surface area contributed by atoms with E-state index in [2.05, 4.69) is 12.2 Å². The molecule has 0 aromatic carbocycles. The van der Waals surface area contributed by atoms with Gasteiger partial charge < -0.3 is 5.32 Å². The van der Waals surface area contributed by atoms with Crippen LogP contribution in [0.25, 0.3) is 0 Å². The van der Waals surface area contributed by atoms with Crippen LogP contribution in [0.1, 0.15) is 71.1 Å². The molecular weight excluding hydrogens is 194 g/mol. The normalized spacial score (nSPS) is 33.6. The van der Waals surface area contributed by atoms with Crippen molar-refractivity contribution in [3.05, 3.63) is 0 Å². The van der Waals surface area contributed by atoms with E-state index in [-0.39, 0.29) is 0 Å². The largest absolute Gasteiger partial charge is 0.314 e. The number of hydrogen-bond donors (Lipinski definition) is 1. The van der Waals surface area contributed by atoms with E-state index in [0.717, 1.165) is 24.4 Å². The van der Waals surface area contributed by atoms with Crippen molar-refractivity contribution >= 4 is 0 Å². The average molecular weight is 223 g/mol. The highest BCUT2D eigenvalue weighted by molar-refractivity contribution is 4.85. The van der Waals surface area contributed by atoms with Crippen molar-refractivity contribution in [1.82, 2.24) is 5.32 Å². The van der Waals surface area contributed by atoms with Gasteiger partial charge >= 0.3 is 0 Å². The quantitative estimate of drug-likeness (QED) is 0.710. The standard InChI is InChI=1S/C15H29N/c1-2-16-15-12-8-4-7-11-14(15)13-9-5-3-6-10-13/h13-16H,2-12H2,1H3. The molecule has 0 bridgehead atoms. The molecule has 0 heterocycles. The van der Waals surface area contributed by atoms with Crippen LogP contribution in [0, 0.1) is 11.8 Å². The van der Waals surface area contributed by atoms with Crippen LogP contribution in [-0.2, 0) is 0 Å². The van der Waals surface area contributed by atoms with Crippen molar-refractivity contribution in [2.45, 2.75) is 77.2 Å². The molecule has 0 aliphatic heterocycles. The Morgan fingerprint density at radius 1 is 0.812 bits per heavy atom. The van der Waals surface area contributed by atoms with Gasteiger partial charge in [-0.25, -0.2) is 0 Å². The summed E-state index contributed by atoms with van der Waals surface area (Å²) in [6, 6.07) is 0.843. The Morgan fingerprint density at radius 2 is 1.44 bits per heavy atom. The predicted molar refractivity (Wildman–Crippen MR) is 70.6 cm³/mol. The molecular formula is C15H29N. The van der Waals surface area contributed by atoms with Crippen LogP contribution in [0.2, 0.25) is 0 Å². The van der Waals surface area contributed by atoms with E-state index >= 15 is 0 Å². The van der Waals surface area contributed by atoms with Gasteiger partial charge in [-0.3, -0.25) is 0 Å². The van der Waals surface area contributed by atoms with E-state index in [1.807, 2.05) is 0 Å². The van der Waals surface area contributed by atoms with Gasteiger partial charge in [-0.05, 0) is 31.2 Å². The second-order valence-electron chi connectivity index (χ2n) is 5.86. The van der Waals surface area contributed by atoms with E-state index < -0.39 is 0 Å². The van der Waals surface area contributed by atoms with Gasteiger partial charge in [0.15, 0.2) is 0 Å². The summed E-state index contributed by atoms with van der Waals surface area (Å²) in [5, 5.41) is 3.77. The summed E-state index contributed by atoms with van der Waals surface area (Å²) in [5.74, 6) is 2.05. The SMILES string of the molecule is CCNC1CCCCCC1C1CCCCC1. The molecule has 94 valence electrons. The van der Waals surface area contributed by atoms with Crippen LogP contribution in [0.15, 0.2) is 0 Å². The predicted octanol–water partition coefficient (Wildman–Crippen LogP) is 4.13. The van der Waals surface area contributed by atoms with Gasteiger partial charge in [0.05, 0.1) is 0 Å². The fraction of sp³-hybridized carbons (Fsp3) is 1.00. The fourth-order valence-electron chi connectivity index (χ4n) is 3.98. The smallest absolute Gasteiger partial charge is 0.00978 e. The minimum absolute atomic E-state index is 0.843. The van der Waals surface area contributed by atoms with Crippen molar-refractivity contribution < 1.29 is 0 Å². The third-order valence-electron chi connectivity index (χ3n) is 4.79. The van der Waals surface area contributed by atoms with E-state index in [1.54, 1.807) is 0 Å². The second kappa shape index (κ2) is 6.64. The Balaban J connectivity index is 1.94. The van der Waals surface area contributed by atoms with Crippen LogP contribution in [-0.4, -0.2) is 12.6 Å². The molecule has 1 N–H and O–H groups in total. The molecule has 0 radical (unpaired) electrons. The Morgan fingerprint density at radius 3 is 2.12 bits per heavy atom. The van der Waals surface area contributed by atoms with Crippen LogP contribution >= 0.6 is 0 Å². The first-order valence-electron chi connectivity index (χ1n) is 7.65. The molecule has 2 atom stereocenters. The summed E-state index contributed by atoms with van der Waals surface area (Å²) in [7, 11) is 0. The van der Waals surface area contributed by atoms with Gasteiger partial charge in [0.1, 0.15) is 0 Å². The Labute approximate surface area is 101 Å². The summed E-state index contributed by atoms with van der Waals surface area (Å²) >= 11 is 0. The number of hydrogen-bond acceptors (Lipinski definition) is 1. The van der Waals surface area contributed by atoms with E-state index in [9.17, 15) is 0 Å². The monoisotopic (exact) mass is 223 g/mol. The van der Waals surface area contributed by atoms with Crippen molar-refractivity contribution in [1.29, 1.82) is 0 Å². The van der Waals surface area contributed by atoms with Gasteiger partial charge in [-0.2, -0.15) is 0 Å². The molecule has 2 saturated carbocycles. The summed E-state index contributed by atoms with van der Waals surface area (Å²) in [5.41, 5.74) is 0. The fourth-order valence-corrected chi connectivity index (χ4v) is 3.98. The minimum Gasteiger partial charge on any atom is -0.314 e. The third-order valence-corrected chi connectivity index (χ3v) is 4.79. The Hall–Kier alpha value is -0.0400. The zero-order chi connectivity index (χ0) is 11.2. The Kier molecular flexibility index (Phi) is 5.15. The molecule has 0 spiro atoms. The molecule has 1 nitrogen and oxygen atoms in total. The topological polar surface area (TPSA) is 12.0 Å². The maximum absolute atomic E-state index is 3.77. The van der Waals surface area contributed by atoms with Gasteiger partial charge in [0.25, 0.3) is 0 Å². The van der Waals surface area contributed by atoms with Crippen LogP contribution < -0.4 is 5.32 Å². The molecule has 2 unspecified atom stereocenters. The van der Waals surface area contributed by atoms with Crippen molar-refractivity contribution in [2.75, 3.05) is 6.54 Å². The van der Waals surface area contributed by atoms with Gasteiger partial charge in [0.2, 0.25) is 0 Å². The molecule has 0 aromatic rings. The zero-order valence-electron chi connectivity index (χ0n) is 11.0. The highest BCUT2D eigenvalue weighted by Gasteiger charge is 2.30. The molecule has 0 saturated heterocycles. The van der Waals surface area contributed by atoms with Crippen molar-refractivity contribution in [2.24, 2.45) is 11.8 Å². The second-order valence-corrected chi connectivity index (χ2v) is 5.86. The minimum atomic E-state index is 0.843. The summed E-state index contributed by atoms with van der Waals surface area (Å²) in [4.78, 5) is 0. The van der Waals surface area contributed by atoms with E-state index in [4.69, 9.17) is 0 Å². The summed E-state index contributed by atoms with van der Waals surface area (Å²) < 4.78 is 0. The van der Waals surface area contributed by atoms with E-state index in [1.165, 1.54) is 64.2 Å². The Bertz CT molecular complexity index is 184. The molecule has 0 amide bonds. The van der Waals surface area contributed by atoms with Crippen LogP contribution in [0.3, 0.4) is 0 Å². The molecule has 16 heavy (non-hydrogen) atoms. The molecule has 0 aromatic heterocycles. The lowest BCUT2D eigenvalue weighted by Crippen LogP contribution is -2.39. The molecule has 2 fully saturated rings. The van der Waals surface area contributed by atoms with Gasteiger partial charge in [0, 0.05) is 6.04 Å². The molecule has 2 aliphatic rings. The highest BCUT2D eigenvalue weighted by Crippen LogP contribution is 2.37. The van der Waals surface area contributed by atoms with Crippen molar-refractivity contribution in [3.8, 4) is 0 Å². The maximum Gasteiger partial charge on any atom is 0.00978 e. The van der Waals surface area contributed by atoms with E-state index in [0.29, 0.717) is 0 Å². The lowest BCUT2D eigenvalue weighted by molar-refractivity contribution is 0.186. The molecule has 2 rings (SSSR count). The zero-order valence-corrected chi connectivity index (χ0v) is 11.0. The maximum atomic E-state index is 3.77. The van der Waals surface area contributed by atoms with Crippen LogP contribution in [0.4, 0.5) is 0 Å². The number of nitrogens with one attached hydrogen (secondary N) is 1. The third kappa shape index (κ3) is 3.23. The molecule has 1 heteroatoms. The van der Waals surface area contributed by atoms with Gasteiger partial charge in [-0.15, -0.1) is 0 Å². The average Bonchev–Trinajstić information content (AvgIpc) is 2.56. The first-order valence-corrected chi connectivity index (χ1v) is 7.65. The van der Waals surface area contributed by atoms with Gasteiger partial charge in [-0.1, -0.05) is 58.3 Å². The summed E-state index contributed by atoms with van der Waals surface area (Å²) in [6.45, 7) is 3.43. The summed E-state index contributed by atoms with van der Waals surface area (Å²) in [6.07, 6.45) is 14.9. The highest BCUT2D eigenvalue weighted by atomic mass is 14.9. The van der Waals surface area contributed by atoms with Crippen molar-refractivity contribution in [3.63, 3.8) is 0 Å². The lowest BCUT2D eigenvalue weighted by atomic mass is 9.74. The molecule has 2 aliphatic carbocycles. The first-order chi connectivity index (χ1) is 7.92. The number of rotatable bonds is 3. The lowest BCUT2D eigenvalue weighted by Gasteiger charge is -2.35.